The van der Waals surface area contributed by atoms with Gasteiger partial charge in [0.15, 0.2) is 17.5 Å². The number of hydrogen-bond acceptors (Lipinski definition) is 4. The van der Waals surface area contributed by atoms with E-state index in [9.17, 15) is 4.39 Å². The van der Waals surface area contributed by atoms with E-state index in [-0.39, 0.29) is 11.9 Å². The Labute approximate surface area is 173 Å². The van der Waals surface area contributed by atoms with Crippen molar-refractivity contribution >= 4 is 5.96 Å². The fraction of sp³-hybridized carbons (Fsp3) is 0.682. The van der Waals surface area contributed by atoms with Crippen LogP contribution in [-0.2, 0) is 4.74 Å². The van der Waals surface area contributed by atoms with Gasteiger partial charge >= 0.3 is 0 Å². The highest BCUT2D eigenvalue weighted by molar-refractivity contribution is 5.80. The van der Waals surface area contributed by atoms with E-state index < -0.39 is 0 Å². The molecule has 1 aliphatic heterocycles. The molecule has 6 nitrogen and oxygen atoms in total. The lowest BCUT2D eigenvalue weighted by Crippen LogP contribution is -2.39. The van der Waals surface area contributed by atoms with E-state index in [0.717, 1.165) is 63.8 Å². The first-order valence-corrected chi connectivity index (χ1v) is 10.8. The zero-order valence-electron chi connectivity index (χ0n) is 17.8. The number of hydrogen-bond donors (Lipinski definition) is 2. The summed E-state index contributed by atoms with van der Waals surface area (Å²) < 4.78 is 25.3. The third-order valence-corrected chi connectivity index (χ3v) is 5.50. The van der Waals surface area contributed by atoms with Gasteiger partial charge in [0.2, 0.25) is 0 Å². The molecular weight excluding hydrogens is 371 g/mol. The second kappa shape index (κ2) is 11.4. The molecule has 0 spiro atoms. The van der Waals surface area contributed by atoms with Crippen molar-refractivity contribution in [3.8, 4) is 5.75 Å². The number of guanidine groups is 1. The van der Waals surface area contributed by atoms with Crippen LogP contribution in [0.4, 0.5) is 4.39 Å². The van der Waals surface area contributed by atoms with E-state index in [0.29, 0.717) is 18.3 Å². The van der Waals surface area contributed by atoms with Crippen molar-refractivity contribution in [2.75, 3.05) is 53.0 Å². The Morgan fingerprint density at radius 1 is 1.31 bits per heavy atom. The summed E-state index contributed by atoms with van der Waals surface area (Å²) in [6.45, 7) is 8.37. The van der Waals surface area contributed by atoms with Gasteiger partial charge in [-0.2, -0.15) is 0 Å². The van der Waals surface area contributed by atoms with Crippen molar-refractivity contribution < 1.29 is 13.9 Å². The number of unbranched alkanes of at least 4 members (excludes halogenated alkanes) is 1. The summed E-state index contributed by atoms with van der Waals surface area (Å²) in [7, 11) is 1.76. The quantitative estimate of drug-likeness (QED) is 0.355. The Bertz CT molecular complexity index is 660. The smallest absolute Gasteiger partial charge is 0.191 e. The molecule has 3 rings (SSSR count). The normalized spacial score (nSPS) is 19.1. The molecular formula is C22H35FN4O2. The van der Waals surface area contributed by atoms with Crippen LogP contribution >= 0.6 is 0 Å². The molecule has 1 aliphatic carbocycles. The molecule has 2 aliphatic rings. The van der Waals surface area contributed by atoms with Crippen LogP contribution in [0, 0.1) is 11.7 Å². The van der Waals surface area contributed by atoms with E-state index >= 15 is 0 Å². The van der Waals surface area contributed by atoms with Gasteiger partial charge in [-0.1, -0.05) is 6.07 Å². The summed E-state index contributed by atoms with van der Waals surface area (Å²) >= 11 is 0. The van der Waals surface area contributed by atoms with E-state index in [2.05, 4.69) is 20.5 Å². The molecule has 0 radical (unpaired) electrons. The first-order valence-electron chi connectivity index (χ1n) is 10.8. The molecule has 0 aromatic heterocycles. The Kier molecular flexibility index (Phi) is 8.55. The van der Waals surface area contributed by atoms with Gasteiger partial charge in [-0.15, -0.1) is 0 Å². The van der Waals surface area contributed by atoms with Gasteiger partial charge in [0.05, 0.1) is 25.9 Å². The Morgan fingerprint density at radius 2 is 2.10 bits per heavy atom. The summed E-state index contributed by atoms with van der Waals surface area (Å²) in [6, 6.07) is 5.14. The van der Waals surface area contributed by atoms with Crippen LogP contribution in [0.3, 0.4) is 0 Å². The van der Waals surface area contributed by atoms with Crippen molar-refractivity contribution in [1.82, 2.24) is 15.5 Å². The van der Waals surface area contributed by atoms with Crippen molar-refractivity contribution in [3.63, 3.8) is 0 Å². The third-order valence-electron chi connectivity index (χ3n) is 5.50. The molecule has 1 aromatic rings. The minimum absolute atomic E-state index is 0.0541. The molecule has 0 amide bonds. The lowest BCUT2D eigenvalue weighted by Gasteiger charge is -2.26. The van der Waals surface area contributed by atoms with Gasteiger partial charge in [0.1, 0.15) is 0 Å². The Morgan fingerprint density at radius 3 is 2.79 bits per heavy atom. The zero-order chi connectivity index (χ0) is 20.5. The summed E-state index contributed by atoms with van der Waals surface area (Å²) in [5.41, 5.74) is 0.872. The highest BCUT2D eigenvalue weighted by Crippen LogP contribution is 2.30. The van der Waals surface area contributed by atoms with Crippen molar-refractivity contribution in [1.29, 1.82) is 0 Å². The second-order valence-corrected chi connectivity index (χ2v) is 7.97. The lowest BCUT2D eigenvalue weighted by molar-refractivity contribution is 0.0372. The molecule has 1 unspecified atom stereocenters. The predicted octanol–water partition coefficient (Wildman–Crippen LogP) is 2.95. The highest BCUT2D eigenvalue weighted by Gasteiger charge is 2.22. The molecule has 1 saturated carbocycles. The van der Waals surface area contributed by atoms with Crippen molar-refractivity contribution in [2.24, 2.45) is 10.9 Å². The number of halogens is 1. The fourth-order valence-electron chi connectivity index (χ4n) is 3.37. The van der Waals surface area contributed by atoms with Crippen LogP contribution < -0.4 is 15.4 Å². The van der Waals surface area contributed by atoms with Crippen LogP contribution in [0.15, 0.2) is 23.2 Å². The number of morpholine rings is 1. The maximum absolute atomic E-state index is 14.3. The topological polar surface area (TPSA) is 58.1 Å². The molecule has 2 N–H and O–H groups in total. The molecule has 2 fully saturated rings. The first-order chi connectivity index (χ1) is 14.2. The Hall–Kier alpha value is -1.86. The molecule has 1 heterocycles. The first kappa shape index (κ1) is 21.8. The monoisotopic (exact) mass is 406 g/mol. The zero-order valence-corrected chi connectivity index (χ0v) is 17.8. The highest BCUT2D eigenvalue weighted by atomic mass is 19.1. The van der Waals surface area contributed by atoms with Crippen molar-refractivity contribution in [3.05, 3.63) is 29.6 Å². The number of aliphatic imine (C=N–C) groups is 1. The van der Waals surface area contributed by atoms with E-state index in [1.807, 2.05) is 13.0 Å². The second-order valence-electron chi connectivity index (χ2n) is 7.97. The summed E-state index contributed by atoms with van der Waals surface area (Å²) in [5.74, 6) is 1.38. The minimum atomic E-state index is -0.303. The average Bonchev–Trinajstić information content (AvgIpc) is 3.57. The van der Waals surface area contributed by atoms with Gasteiger partial charge in [-0.05, 0) is 62.8 Å². The van der Waals surface area contributed by atoms with Gasteiger partial charge in [-0.25, -0.2) is 4.39 Å². The molecule has 0 bridgehead atoms. The molecule has 29 heavy (non-hydrogen) atoms. The number of nitrogens with zero attached hydrogens (tertiary/aromatic N) is 2. The Balaban J connectivity index is 1.37. The molecule has 1 atom stereocenters. The number of benzene rings is 1. The number of rotatable bonds is 10. The molecule has 162 valence electrons. The van der Waals surface area contributed by atoms with Crippen molar-refractivity contribution in [2.45, 2.75) is 38.6 Å². The van der Waals surface area contributed by atoms with Crippen LogP contribution in [0.1, 0.15) is 44.2 Å². The SMILES string of the molecule is CN=C(NCCCCN1CCOCC1)NC(C)c1ccc(OCC2CC2)c(F)c1. The number of nitrogens with one attached hydrogen (secondary N) is 2. The van der Waals surface area contributed by atoms with Crippen LogP contribution in [0.25, 0.3) is 0 Å². The predicted molar refractivity (Wildman–Crippen MR) is 114 cm³/mol. The minimum Gasteiger partial charge on any atom is -0.490 e. The fourth-order valence-corrected chi connectivity index (χ4v) is 3.37. The largest absolute Gasteiger partial charge is 0.490 e. The van der Waals surface area contributed by atoms with E-state index in [1.54, 1.807) is 19.2 Å². The maximum Gasteiger partial charge on any atom is 0.191 e. The molecule has 1 aromatic carbocycles. The van der Waals surface area contributed by atoms with Gasteiger partial charge < -0.3 is 20.1 Å². The van der Waals surface area contributed by atoms with E-state index in [1.165, 1.54) is 12.8 Å². The summed E-state index contributed by atoms with van der Waals surface area (Å²) in [6.07, 6.45) is 4.61. The van der Waals surface area contributed by atoms with Gasteiger partial charge in [-0.3, -0.25) is 9.89 Å². The number of ether oxygens (including phenoxy) is 2. The lowest BCUT2D eigenvalue weighted by atomic mass is 10.1. The molecule has 1 saturated heterocycles. The van der Waals surface area contributed by atoms with Gasteiger partial charge in [0, 0.05) is 26.7 Å². The summed E-state index contributed by atoms with van der Waals surface area (Å²) in [5, 5.41) is 6.69. The van der Waals surface area contributed by atoms with Crippen LogP contribution in [0.5, 0.6) is 5.75 Å². The molecule has 7 heteroatoms. The van der Waals surface area contributed by atoms with Gasteiger partial charge in [0.25, 0.3) is 0 Å². The standard InChI is InChI=1S/C22H35FN4O2/c1-17(19-7-8-21(20(23)15-19)29-16-18-5-6-18)26-22(24-2)25-9-3-4-10-27-11-13-28-14-12-27/h7-8,15,17-18H,3-6,9-14,16H2,1-2H3,(H2,24,25,26). The average molecular weight is 407 g/mol. The maximum atomic E-state index is 14.3. The van der Waals surface area contributed by atoms with Crippen LogP contribution in [-0.4, -0.2) is 63.9 Å². The summed E-state index contributed by atoms with van der Waals surface area (Å²) in [4.78, 5) is 6.74. The van der Waals surface area contributed by atoms with E-state index in [4.69, 9.17) is 9.47 Å². The van der Waals surface area contributed by atoms with Crippen LogP contribution in [0.2, 0.25) is 0 Å². The third kappa shape index (κ3) is 7.48.